The number of hydrogen-bond acceptors (Lipinski definition) is 6. The molecule has 0 saturated carbocycles. The molecule has 202 valence electrons. The van der Waals surface area contributed by atoms with Crippen LogP contribution in [-0.4, -0.2) is 38.9 Å². The van der Waals surface area contributed by atoms with E-state index in [2.05, 4.69) is 27.8 Å². The summed E-state index contributed by atoms with van der Waals surface area (Å²) in [6.45, 7) is 4.83. The first-order valence-corrected chi connectivity index (χ1v) is 13.6. The number of para-hydroxylation sites is 1. The van der Waals surface area contributed by atoms with Crippen LogP contribution in [0.15, 0.2) is 78.0 Å². The van der Waals surface area contributed by atoms with Crippen LogP contribution in [0.2, 0.25) is 0 Å². The summed E-state index contributed by atoms with van der Waals surface area (Å²) >= 11 is 1.17. The number of hydrogen-bond donors (Lipinski definition) is 2. The molecule has 1 aromatic heterocycles. The van der Waals surface area contributed by atoms with Crippen molar-refractivity contribution in [1.82, 2.24) is 20.1 Å². The Morgan fingerprint density at radius 3 is 2.56 bits per heavy atom. The number of carbonyl (C=O) groups is 2. The molecule has 4 aromatic rings. The largest absolute Gasteiger partial charge is 0.494 e. The van der Waals surface area contributed by atoms with Gasteiger partial charge in [-0.2, -0.15) is 0 Å². The third-order valence-corrected chi connectivity index (χ3v) is 6.66. The Hall–Kier alpha value is -4.18. The minimum atomic E-state index is -0.504. The molecule has 2 amide bonds. The van der Waals surface area contributed by atoms with Crippen molar-refractivity contribution in [1.29, 1.82) is 0 Å². The van der Waals surface area contributed by atoms with Crippen LogP contribution in [-0.2, 0) is 11.3 Å². The van der Waals surface area contributed by atoms with Crippen molar-refractivity contribution in [3.05, 3.63) is 95.6 Å². The highest BCUT2D eigenvalue weighted by atomic mass is 32.2. The SMILES string of the molecule is CCCCOc1ccc(C(=O)NCc2nnc(SCC(=O)Nc3ccccc3F)n2-c2cccc(C)c2)cc1. The average molecular weight is 548 g/mol. The van der Waals surface area contributed by atoms with Gasteiger partial charge >= 0.3 is 0 Å². The molecule has 0 bridgehead atoms. The second kappa shape index (κ2) is 13.6. The van der Waals surface area contributed by atoms with E-state index >= 15 is 0 Å². The molecule has 10 heteroatoms. The Labute approximate surface area is 231 Å². The number of thioether (sulfide) groups is 1. The maximum atomic E-state index is 13.9. The Morgan fingerprint density at radius 2 is 1.82 bits per heavy atom. The number of anilines is 1. The molecule has 8 nitrogen and oxygen atoms in total. The summed E-state index contributed by atoms with van der Waals surface area (Å²) in [6, 6.07) is 20.7. The molecular weight excluding hydrogens is 517 g/mol. The van der Waals surface area contributed by atoms with Crippen LogP contribution in [0.1, 0.15) is 41.5 Å². The summed E-state index contributed by atoms with van der Waals surface area (Å²) < 4.78 is 21.4. The predicted molar refractivity (Wildman–Crippen MR) is 150 cm³/mol. The minimum absolute atomic E-state index is 0.00266. The van der Waals surface area contributed by atoms with E-state index < -0.39 is 5.82 Å². The molecule has 0 spiro atoms. The van der Waals surface area contributed by atoms with Crippen LogP contribution in [0.3, 0.4) is 0 Å². The molecule has 0 aliphatic rings. The zero-order valence-electron chi connectivity index (χ0n) is 21.8. The molecule has 0 atom stereocenters. The molecule has 1 heterocycles. The molecule has 0 aliphatic heterocycles. The van der Waals surface area contributed by atoms with Crippen LogP contribution >= 0.6 is 11.8 Å². The van der Waals surface area contributed by atoms with E-state index in [0.29, 0.717) is 23.2 Å². The number of nitrogens with one attached hydrogen (secondary N) is 2. The molecule has 0 fully saturated rings. The summed E-state index contributed by atoms with van der Waals surface area (Å²) in [7, 11) is 0. The van der Waals surface area contributed by atoms with Crippen molar-refractivity contribution in [2.75, 3.05) is 17.7 Å². The van der Waals surface area contributed by atoms with Crippen LogP contribution < -0.4 is 15.4 Å². The highest BCUT2D eigenvalue weighted by Gasteiger charge is 2.18. The van der Waals surface area contributed by atoms with Gasteiger partial charge in [0.05, 0.1) is 24.6 Å². The van der Waals surface area contributed by atoms with Gasteiger partial charge in [-0.15, -0.1) is 10.2 Å². The van der Waals surface area contributed by atoms with Gasteiger partial charge in [0, 0.05) is 11.3 Å². The van der Waals surface area contributed by atoms with Crippen LogP contribution in [0, 0.1) is 12.7 Å². The third-order valence-electron chi connectivity index (χ3n) is 5.73. The zero-order valence-corrected chi connectivity index (χ0v) is 22.6. The quantitative estimate of drug-likeness (QED) is 0.178. The smallest absolute Gasteiger partial charge is 0.251 e. The fourth-order valence-corrected chi connectivity index (χ4v) is 4.48. The van der Waals surface area contributed by atoms with Gasteiger partial charge in [0.15, 0.2) is 11.0 Å². The minimum Gasteiger partial charge on any atom is -0.494 e. The van der Waals surface area contributed by atoms with Crippen molar-refractivity contribution in [2.45, 2.75) is 38.4 Å². The maximum Gasteiger partial charge on any atom is 0.251 e. The molecule has 0 saturated heterocycles. The first kappa shape index (κ1) is 27.8. The second-order valence-electron chi connectivity index (χ2n) is 8.80. The number of ether oxygens (including phenoxy) is 1. The van der Waals surface area contributed by atoms with Crippen molar-refractivity contribution >= 4 is 29.3 Å². The zero-order chi connectivity index (χ0) is 27.6. The number of aromatic nitrogens is 3. The lowest BCUT2D eigenvalue weighted by molar-refractivity contribution is -0.113. The Kier molecular flexibility index (Phi) is 9.69. The molecular formula is C29H30FN5O3S. The Bertz CT molecular complexity index is 1420. The van der Waals surface area contributed by atoms with Gasteiger partial charge in [0.1, 0.15) is 11.6 Å². The normalized spacial score (nSPS) is 10.7. The monoisotopic (exact) mass is 547 g/mol. The van der Waals surface area contributed by atoms with E-state index in [1.54, 1.807) is 41.0 Å². The summed E-state index contributed by atoms with van der Waals surface area (Å²) in [5.74, 6) is 0.0891. The summed E-state index contributed by atoms with van der Waals surface area (Å²) in [6.07, 6.45) is 2.02. The van der Waals surface area contributed by atoms with Crippen molar-refractivity contribution < 1.29 is 18.7 Å². The van der Waals surface area contributed by atoms with E-state index in [0.717, 1.165) is 29.8 Å². The lowest BCUT2D eigenvalue weighted by Crippen LogP contribution is -2.24. The summed E-state index contributed by atoms with van der Waals surface area (Å²) in [5.41, 5.74) is 2.45. The number of halogens is 1. The van der Waals surface area contributed by atoms with E-state index in [1.807, 2.05) is 31.2 Å². The maximum absolute atomic E-state index is 13.9. The van der Waals surface area contributed by atoms with Crippen LogP contribution in [0.4, 0.5) is 10.1 Å². The van der Waals surface area contributed by atoms with E-state index in [9.17, 15) is 14.0 Å². The molecule has 2 N–H and O–H groups in total. The number of aryl methyl sites for hydroxylation is 1. The summed E-state index contributed by atoms with van der Waals surface area (Å²) in [5, 5.41) is 14.5. The summed E-state index contributed by atoms with van der Waals surface area (Å²) in [4.78, 5) is 25.3. The van der Waals surface area contributed by atoms with Gasteiger partial charge in [-0.05, 0) is 67.4 Å². The van der Waals surface area contributed by atoms with Crippen LogP contribution in [0.25, 0.3) is 5.69 Å². The molecule has 0 aliphatic carbocycles. The van der Waals surface area contributed by atoms with Crippen LogP contribution in [0.5, 0.6) is 5.75 Å². The fourth-order valence-electron chi connectivity index (χ4n) is 3.71. The number of rotatable bonds is 12. The Balaban J connectivity index is 1.45. The highest BCUT2D eigenvalue weighted by Crippen LogP contribution is 2.24. The van der Waals surface area contributed by atoms with Gasteiger partial charge in [-0.3, -0.25) is 14.2 Å². The number of carbonyl (C=O) groups excluding carboxylic acids is 2. The van der Waals surface area contributed by atoms with Crippen molar-refractivity contribution in [3.63, 3.8) is 0 Å². The lowest BCUT2D eigenvalue weighted by Gasteiger charge is -2.12. The number of nitrogens with zero attached hydrogens (tertiary/aromatic N) is 3. The van der Waals surface area contributed by atoms with E-state index in [1.165, 1.54) is 23.9 Å². The van der Waals surface area contributed by atoms with E-state index in [4.69, 9.17) is 4.74 Å². The van der Waals surface area contributed by atoms with Gasteiger partial charge in [0.2, 0.25) is 5.91 Å². The van der Waals surface area contributed by atoms with Crippen molar-refractivity contribution in [3.8, 4) is 11.4 Å². The van der Waals surface area contributed by atoms with Crippen molar-refractivity contribution in [2.24, 2.45) is 0 Å². The molecule has 0 unspecified atom stereocenters. The van der Waals surface area contributed by atoms with Gasteiger partial charge in [-0.25, -0.2) is 4.39 Å². The average Bonchev–Trinajstić information content (AvgIpc) is 3.35. The number of benzene rings is 3. The first-order valence-electron chi connectivity index (χ1n) is 12.6. The standard InChI is InChI=1S/C29H30FN5O3S/c1-3-4-16-38-23-14-12-21(13-15-23)28(37)31-18-26-33-34-29(35(26)22-9-7-8-20(2)17-22)39-19-27(36)32-25-11-6-5-10-24(25)30/h5-15,17H,3-4,16,18-19H2,1-2H3,(H,31,37)(H,32,36). The predicted octanol–water partition coefficient (Wildman–Crippen LogP) is 5.55. The molecule has 3 aromatic carbocycles. The van der Waals surface area contributed by atoms with E-state index in [-0.39, 0.29) is 29.8 Å². The van der Waals surface area contributed by atoms with Gasteiger partial charge < -0.3 is 15.4 Å². The lowest BCUT2D eigenvalue weighted by atomic mass is 10.2. The first-order chi connectivity index (χ1) is 18.9. The Morgan fingerprint density at radius 1 is 1.03 bits per heavy atom. The topological polar surface area (TPSA) is 98.1 Å². The highest BCUT2D eigenvalue weighted by molar-refractivity contribution is 7.99. The number of unbranched alkanes of at least 4 members (excludes halogenated alkanes) is 1. The van der Waals surface area contributed by atoms with Gasteiger partial charge in [-0.1, -0.05) is 49.4 Å². The van der Waals surface area contributed by atoms with Gasteiger partial charge in [0.25, 0.3) is 5.91 Å². The fraction of sp³-hybridized carbons (Fsp3) is 0.241. The number of amides is 2. The second-order valence-corrected chi connectivity index (χ2v) is 9.74. The molecule has 39 heavy (non-hydrogen) atoms. The third kappa shape index (κ3) is 7.67. The molecule has 4 rings (SSSR count). The molecule has 0 radical (unpaired) electrons.